The molecule has 0 unspecified atom stereocenters. The zero-order valence-corrected chi connectivity index (χ0v) is 4.87. The molecule has 1 aliphatic carbocycles. The number of nitrogens with zero attached hydrogens (tertiary/aromatic N) is 2. The lowest BCUT2D eigenvalue weighted by atomic mass is 10.7. The Kier molecular flexibility index (Phi) is 0.913. The minimum absolute atomic E-state index is 0.539. The van der Waals surface area contributed by atoms with Gasteiger partial charge in [-0.3, -0.25) is 0 Å². The van der Waals surface area contributed by atoms with Crippen LogP contribution in [-0.2, 0) is 0 Å². The first-order valence-electron chi connectivity index (χ1n) is 2.98. The van der Waals surface area contributed by atoms with Crippen LogP contribution in [-0.4, -0.2) is 16.2 Å². The first-order chi connectivity index (χ1) is 4.45. The smallest absolute Gasteiger partial charge is 0.315 e. The van der Waals surface area contributed by atoms with Gasteiger partial charge in [0.1, 0.15) is 0 Å². The molecule has 0 radical (unpaired) electrons. The van der Waals surface area contributed by atoms with Gasteiger partial charge in [0.05, 0.1) is 0 Å². The van der Waals surface area contributed by atoms with Crippen LogP contribution in [0.5, 0.6) is 0 Å². The molecule has 0 spiro atoms. The molecule has 0 atom stereocenters. The summed E-state index contributed by atoms with van der Waals surface area (Å²) in [5.74, 6) is 0. The largest absolute Gasteiger partial charge is 0.411 e. The minimum Gasteiger partial charge on any atom is -0.411 e. The fourth-order valence-electron chi connectivity index (χ4n) is 0.638. The van der Waals surface area contributed by atoms with Gasteiger partial charge in [0.15, 0.2) is 0 Å². The molecule has 4 nitrogen and oxygen atoms in total. The summed E-state index contributed by atoms with van der Waals surface area (Å²) >= 11 is 0. The predicted octanol–water partition coefficient (Wildman–Crippen LogP) is 0.644. The quantitative estimate of drug-likeness (QED) is 0.630. The van der Waals surface area contributed by atoms with Crippen molar-refractivity contribution in [2.24, 2.45) is 0 Å². The third-order valence-corrected chi connectivity index (χ3v) is 1.26. The van der Waals surface area contributed by atoms with Crippen LogP contribution in [0.2, 0.25) is 0 Å². The summed E-state index contributed by atoms with van der Waals surface area (Å²) in [6, 6.07) is 1.13. The molecule has 1 aromatic rings. The highest BCUT2D eigenvalue weighted by molar-refractivity contribution is 5.21. The van der Waals surface area contributed by atoms with Crippen LogP contribution in [0.3, 0.4) is 0 Å². The Bertz CT molecular complexity index is 180. The zero-order chi connectivity index (χ0) is 6.10. The normalized spacial score (nSPS) is 17.8. The molecule has 1 fully saturated rings. The third kappa shape index (κ3) is 1.01. The Balaban J connectivity index is 1.99. The lowest BCUT2D eigenvalue weighted by Crippen LogP contribution is -2.00. The first-order valence-corrected chi connectivity index (χ1v) is 2.98. The SMILES string of the molecule is c1nnc(NC2CC2)o1. The van der Waals surface area contributed by atoms with E-state index in [1.807, 2.05) is 0 Å². The maximum atomic E-state index is 4.85. The van der Waals surface area contributed by atoms with Gasteiger partial charge in [-0.1, -0.05) is 5.10 Å². The van der Waals surface area contributed by atoms with Gasteiger partial charge < -0.3 is 9.73 Å². The van der Waals surface area contributed by atoms with Crippen molar-refractivity contribution in [3.63, 3.8) is 0 Å². The van der Waals surface area contributed by atoms with E-state index in [0.29, 0.717) is 12.1 Å². The molecule has 0 aliphatic heterocycles. The maximum Gasteiger partial charge on any atom is 0.315 e. The number of anilines is 1. The van der Waals surface area contributed by atoms with Crippen LogP contribution in [0.15, 0.2) is 10.8 Å². The van der Waals surface area contributed by atoms with Gasteiger partial charge in [-0.2, -0.15) is 0 Å². The summed E-state index contributed by atoms with van der Waals surface area (Å²) in [6.45, 7) is 0. The summed E-state index contributed by atoms with van der Waals surface area (Å²) in [7, 11) is 0. The standard InChI is InChI=1S/C5H7N3O/c1-2-4(1)7-5-8-6-3-9-5/h3-4H,1-2H2,(H,7,8). The Labute approximate surface area is 52.3 Å². The topological polar surface area (TPSA) is 51.0 Å². The van der Waals surface area contributed by atoms with Crippen molar-refractivity contribution in [2.75, 3.05) is 5.32 Å². The van der Waals surface area contributed by atoms with Crippen LogP contribution in [0.1, 0.15) is 12.8 Å². The highest BCUT2D eigenvalue weighted by atomic mass is 16.4. The maximum absolute atomic E-state index is 4.85. The predicted molar refractivity (Wildman–Crippen MR) is 30.9 cm³/mol. The van der Waals surface area contributed by atoms with Gasteiger partial charge in [-0.15, -0.1) is 5.10 Å². The van der Waals surface area contributed by atoms with E-state index in [2.05, 4.69) is 15.5 Å². The number of hydrogen-bond acceptors (Lipinski definition) is 4. The summed E-state index contributed by atoms with van der Waals surface area (Å²) in [6.07, 6.45) is 3.77. The first kappa shape index (κ1) is 4.78. The molecule has 1 saturated carbocycles. The van der Waals surface area contributed by atoms with Gasteiger partial charge in [-0.25, -0.2) is 0 Å². The van der Waals surface area contributed by atoms with E-state index in [1.165, 1.54) is 19.2 Å². The summed E-state index contributed by atoms with van der Waals surface area (Å²) in [5, 5.41) is 10.2. The second-order valence-electron chi connectivity index (χ2n) is 2.16. The van der Waals surface area contributed by atoms with Crippen molar-refractivity contribution in [3.05, 3.63) is 6.39 Å². The van der Waals surface area contributed by atoms with E-state index in [9.17, 15) is 0 Å². The average molecular weight is 125 g/mol. The monoisotopic (exact) mass is 125 g/mol. The molecule has 1 aliphatic rings. The van der Waals surface area contributed by atoms with Crippen LogP contribution < -0.4 is 5.32 Å². The van der Waals surface area contributed by atoms with Crippen molar-refractivity contribution in [1.82, 2.24) is 10.2 Å². The Morgan fingerprint density at radius 3 is 3.11 bits per heavy atom. The van der Waals surface area contributed by atoms with Crippen LogP contribution in [0, 0.1) is 0 Å². The lowest BCUT2D eigenvalue weighted by molar-refractivity contribution is 0.565. The Hall–Kier alpha value is -1.06. The van der Waals surface area contributed by atoms with Gasteiger partial charge in [-0.05, 0) is 12.8 Å². The van der Waals surface area contributed by atoms with E-state index in [4.69, 9.17) is 4.42 Å². The van der Waals surface area contributed by atoms with E-state index >= 15 is 0 Å². The van der Waals surface area contributed by atoms with Crippen molar-refractivity contribution in [2.45, 2.75) is 18.9 Å². The molecule has 0 amide bonds. The second-order valence-corrected chi connectivity index (χ2v) is 2.16. The van der Waals surface area contributed by atoms with Crippen LogP contribution in [0.4, 0.5) is 6.01 Å². The van der Waals surface area contributed by atoms with E-state index in [-0.39, 0.29) is 0 Å². The molecular weight excluding hydrogens is 118 g/mol. The van der Waals surface area contributed by atoms with Crippen molar-refractivity contribution in [1.29, 1.82) is 0 Å². The van der Waals surface area contributed by atoms with Gasteiger partial charge >= 0.3 is 6.01 Å². The Morgan fingerprint density at radius 2 is 2.56 bits per heavy atom. The molecular formula is C5H7N3O. The molecule has 2 rings (SSSR count). The summed E-state index contributed by atoms with van der Waals surface area (Å²) < 4.78 is 4.85. The molecule has 48 valence electrons. The van der Waals surface area contributed by atoms with Gasteiger partial charge in [0.25, 0.3) is 0 Å². The second kappa shape index (κ2) is 1.72. The fraction of sp³-hybridized carbons (Fsp3) is 0.600. The lowest BCUT2D eigenvalue weighted by Gasteiger charge is -1.91. The summed E-state index contributed by atoms with van der Waals surface area (Å²) in [4.78, 5) is 0. The van der Waals surface area contributed by atoms with E-state index < -0.39 is 0 Å². The minimum atomic E-state index is 0.539. The molecule has 1 N–H and O–H groups in total. The summed E-state index contributed by atoms with van der Waals surface area (Å²) in [5.41, 5.74) is 0. The average Bonchev–Trinajstić information content (AvgIpc) is 2.46. The van der Waals surface area contributed by atoms with E-state index in [1.54, 1.807) is 0 Å². The molecule has 0 aromatic carbocycles. The zero-order valence-electron chi connectivity index (χ0n) is 4.87. The number of nitrogens with one attached hydrogen (secondary N) is 1. The molecule has 1 heterocycles. The van der Waals surface area contributed by atoms with E-state index in [0.717, 1.165) is 0 Å². The molecule has 1 aromatic heterocycles. The molecule has 4 heteroatoms. The number of hydrogen-bond donors (Lipinski definition) is 1. The molecule has 0 saturated heterocycles. The molecule has 0 bridgehead atoms. The van der Waals surface area contributed by atoms with Crippen molar-refractivity contribution >= 4 is 6.01 Å². The third-order valence-electron chi connectivity index (χ3n) is 1.26. The highest BCUT2D eigenvalue weighted by Crippen LogP contribution is 2.22. The van der Waals surface area contributed by atoms with Gasteiger partial charge in [0.2, 0.25) is 6.39 Å². The van der Waals surface area contributed by atoms with Crippen molar-refractivity contribution < 1.29 is 4.42 Å². The van der Waals surface area contributed by atoms with Crippen molar-refractivity contribution in [3.8, 4) is 0 Å². The Morgan fingerprint density at radius 1 is 1.67 bits per heavy atom. The van der Waals surface area contributed by atoms with Crippen LogP contribution in [0.25, 0.3) is 0 Å². The van der Waals surface area contributed by atoms with Crippen LogP contribution >= 0.6 is 0 Å². The van der Waals surface area contributed by atoms with Gasteiger partial charge in [0, 0.05) is 6.04 Å². The fourth-order valence-corrected chi connectivity index (χ4v) is 0.638. The number of rotatable bonds is 2. The highest BCUT2D eigenvalue weighted by Gasteiger charge is 2.22. The number of aromatic nitrogens is 2. The molecule has 9 heavy (non-hydrogen) atoms.